The van der Waals surface area contributed by atoms with Crippen LogP contribution in [0.4, 0.5) is 0 Å². The molecule has 2 rings (SSSR count). The first-order chi connectivity index (χ1) is 12.3. The van der Waals surface area contributed by atoms with Gasteiger partial charge in [0, 0.05) is 19.6 Å². The third kappa shape index (κ3) is 6.61. The highest BCUT2D eigenvalue weighted by atomic mass is 32.2. The highest BCUT2D eigenvalue weighted by Crippen LogP contribution is 2.19. The number of hydrogen-bond donors (Lipinski definition) is 1. The van der Waals surface area contributed by atoms with Crippen molar-refractivity contribution in [2.75, 3.05) is 25.9 Å². The molecular formula is C19H30N2O4S. The number of benzene rings is 1. The van der Waals surface area contributed by atoms with Crippen molar-refractivity contribution in [3.63, 3.8) is 0 Å². The highest BCUT2D eigenvalue weighted by Gasteiger charge is 2.29. The lowest BCUT2D eigenvalue weighted by molar-refractivity contribution is -0.126. The van der Waals surface area contributed by atoms with Gasteiger partial charge in [0.15, 0.2) is 0 Å². The van der Waals surface area contributed by atoms with Gasteiger partial charge in [0.1, 0.15) is 5.75 Å². The van der Waals surface area contributed by atoms with Crippen molar-refractivity contribution in [3.8, 4) is 5.75 Å². The van der Waals surface area contributed by atoms with Gasteiger partial charge in [-0.2, -0.15) is 0 Å². The normalized spacial score (nSPS) is 18.7. The highest BCUT2D eigenvalue weighted by molar-refractivity contribution is 7.88. The van der Waals surface area contributed by atoms with Crippen molar-refractivity contribution in [2.24, 2.45) is 5.92 Å². The Balaban J connectivity index is 1.71. The molecule has 1 atom stereocenters. The lowest BCUT2D eigenvalue weighted by Crippen LogP contribution is -2.45. The lowest BCUT2D eigenvalue weighted by atomic mass is 9.99. The van der Waals surface area contributed by atoms with Crippen LogP contribution in [0.1, 0.15) is 38.7 Å². The molecule has 7 heteroatoms. The van der Waals surface area contributed by atoms with Gasteiger partial charge in [0.2, 0.25) is 15.9 Å². The minimum Gasteiger partial charge on any atom is -0.491 e. The van der Waals surface area contributed by atoms with E-state index < -0.39 is 10.0 Å². The molecule has 26 heavy (non-hydrogen) atoms. The molecule has 0 saturated carbocycles. The Morgan fingerprint density at radius 3 is 2.62 bits per heavy atom. The Kier molecular flexibility index (Phi) is 7.46. The maximum Gasteiger partial charge on any atom is 0.224 e. The molecule has 146 valence electrons. The van der Waals surface area contributed by atoms with E-state index in [1.165, 1.54) is 16.1 Å². The molecule has 0 aliphatic carbocycles. The van der Waals surface area contributed by atoms with Crippen LogP contribution in [0.3, 0.4) is 0 Å². The van der Waals surface area contributed by atoms with E-state index in [2.05, 4.69) is 5.32 Å². The van der Waals surface area contributed by atoms with E-state index in [1.807, 2.05) is 38.1 Å². The molecule has 1 saturated heterocycles. The van der Waals surface area contributed by atoms with Gasteiger partial charge < -0.3 is 10.1 Å². The van der Waals surface area contributed by atoms with Crippen molar-refractivity contribution in [1.29, 1.82) is 0 Å². The third-order valence-electron chi connectivity index (χ3n) is 4.46. The number of rotatable bonds is 8. The van der Waals surface area contributed by atoms with E-state index in [9.17, 15) is 13.2 Å². The first-order valence-electron chi connectivity index (χ1n) is 9.24. The number of amides is 1. The molecule has 1 aromatic carbocycles. The van der Waals surface area contributed by atoms with Gasteiger partial charge in [0.05, 0.1) is 18.3 Å². The largest absolute Gasteiger partial charge is 0.491 e. The van der Waals surface area contributed by atoms with Gasteiger partial charge >= 0.3 is 0 Å². The molecule has 6 nitrogen and oxygen atoms in total. The van der Waals surface area contributed by atoms with Crippen LogP contribution in [0, 0.1) is 5.92 Å². The van der Waals surface area contributed by atoms with Crippen molar-refractivity contribution in [1.82, 2.24) is 9.62 Å². The Bertz CT molecular complexity index is 686. The molecule has 1 aliphatic heterocycles. The van der Waals surface area contributed by atoms with Crippen molar-refractivity contribution >= 4 is 15.9 Å². The summed E-state index contributed by atoms with van der Waals surface area (Å²) < 4.78 is 30.3. The van der Waals surface area contributed by atoms with Gasteiger partial charge in [-0.15, -0.1) is 0 Å². The molecule has 1 amide bonds. The molecule has 1 aliphatic rings. The van der Waals surface area contributed by atoms with Gasteiger partial charge in [-0.3, -0.25) is 4.79 Å². The second kappa shape index (κ2) is 9.37. The monoisotopic (exact) mass is 382 g/mol. The van der Waals surface area contributed by atoms with Gasteiger partial charge in [-0.25, -0.2) is 12.7 Å². The van der Waals surface area contributed by atoms with Gasteiger partial charge in [-0.1, -0.05) is 12.1 Å². The summed E-state index contributed by atoms with van der Waals surface area (Å²) in [7, 11) is -3.22. The van der Waals surface area contributed by atoms with E-state index in [4.69, 9.17) is 4.74 Å². The molecular weight excluding hydrogens is 352 g/mol. The summed E-state index contributed by atoms with van der Waals surface area (Å²) in [6, 6.07) is 8.03. The minimum absolute atomic E-state index is 0.0426. The molecule has 0 unspecified atom stereocenters. The summed E-state index contributed by atoms with van der Waals surface area (Å²) in [5.41, 5.74) is 1.20. The Labute approximate surface area is 157 Å². The average molecular weight is 383 g/mol. The summed E-state index contributed by atoms with van der Waals surface area (Å²) >= 11 is 0. The second-order valence-corrected chi connectivity index (χ2v) is 9.15. The fourth-order valence-electron chi connectivity index (χ4n) is 3.11. The number of ether oxygens (including phenoxy) is 1. The van der Waals surface area contributed by atoms with Crippen molar-refractivity contribution in [2.45, 2.75) is 45.6 Å². The summed E-state index contributed by atoms with van der Waals surface area (Å²) in [5.74, 6) is 0.578. The van der Waals surface area contributed by atoms with Crippen LogP contribution < -0.4 is 10.1 Å². The maximum absolute atomic E-state index is 12.3. The Hall–Kier alpha value is -1.60. The zero-order valence-electron chi connectivity index (χ0n) is 15.9. The number of nitrogens with one attached hydrogen (secondary N) is 1. The first kappa shape index (κ1) is 20.7. The van der Waals surface area contributed by atoms with Gasteiger partial charge in [0.25, 0.3) is 0 Å². The van der Waals surface area contributed by atoms with Gasteiger partial charge in [-0.05, 0) is 57.2 Å². The molecule has 1 heterocycles. The van der Waals surface area contributed by atoms with E-state index >= 15 is 0 Å². The zero-order chi connectivity index (χ0) is 19.2. The van der Waals surface area contributed by atoms with Crippen molar-refractivity contribution < 1.29 is 17.9 Å². The van der Waals surface area contributed by atoms with Crippen LogP contribution in [-0.4, -0.2) is 50.6 Å². The molecule has 0 spiro atoms. The molecule has 1 aromatic rings. The number of hydrogen-bond acceptors (Lipinski definition) is 4. The Morgan fingerprint density at radius 1 is 1.31 bits per heavy atom. The number of nitrogens with zero attached hydrogens (tertiary/aromatic N) is 1. The standard InChI is InChI=1S/C19H30N2O4S/c1-15(2)25-18-10-8-16(9-11-18)6-4-12-20-19(22)17-7-5-13-21(14-17)26(3,23)24/h8-11,15,17H,4-7,12-14H2,1-3H3,(H,20,22)/t17-/m1/s1. The molecule has 0 bridgehead atoms. The number of piperidine rings is 1. The maximum atomic E-state index is 12.3. The predicted octanol–water partition coefficient (Wildman–Crippen LogP) is 2.19. The van der Waals surface area contributed by atoms with Crippen LogP contribution >= 0.6 is 0 Å². The Morgan fingerprint density at radius 2 is 2.00 bits per heavy atom. The number of carbonyl (C=O) groups excluding carboxylic acids is 1. The number of sulfonamides is 1. The molecule has 1 fully saturated rings. The second-order valence-electron chi connectivity index (χ2n) is 7.17. The fraction of sp³-hybridized carbons (Fsp3) is 0.632. The zero-order valence-corrected chi connectivity index (χ0v) is 16.7. The molecule has 0 radical (unpaired) electrons. The van der Waals surface area contributed by atoms with E-state index in [0.717, 1.165) is 31.4 Å². The quantitative estimate of drug-likeness (QED) is 0.700. The number of carbonyl (C=O) groups is 1. The van der Waals surface area contributed by atoms with Crippen LogP contribution in [0.2, 0.25) is 0 Å². The molecule has 0 aromatic heterocycles. The van der Waals surface area contributed by atoms with Crippen LogP contribution in [0.5, 0.6) is 5.75 Å². The summed E-state index contributed by atoms with van der Waals surface area (Å²) in [5, 5.41) is 2.95. The summed E-state index contributed by atoms with van der Waals surface area (Å²) in [6.07, 6.45) is 4.56. The predicted molar refractivity (Wildman–Crippen MR) is 103 cm³/mol. The first-order valence-corrected chi connectivity index (χ1v) is 11.1. The third-order valence-corrected chi connectivity index (χ3v) is 5.73. The van der Waals surface area contributed by atoms with Crippen LogP contribution in [0.15, 0.2) is 24.3 Å². The summed E-state index contributed by atoms with van der Waals surface area (Å²) in [6.45, 7) is 5.40. The summed E-state index contributed by atoms with van der Waals surface area (Å²) in [4.78, 5) is 12.3. The smallest absolute Gasteiger partial charge is 0.224 e. The van der Waals surface area contributed by atoms with Crippen LogP contribution in [0.25, 0.3) is 0 Å². The van der Waals surface area contributed by atoms with E-state index in [-0.39, 0.29) is 17.9 Å². The number of aryl methyl sites for hydroxylation is 1. The van der Waals surface area contributed by atoms with Crippen molar-refractivity contribution in [3.05, 3.63) is 29.8 Å². The van der Waals surface area contributed by atoms with E-state index in [1.54, 1.807) is 0 Å². The molecule has 1 N–H and O–H groups in total. The van der Waals surface area contributed by atoms with Crippen LogP contribution in [-0.2, 0) is 21.2 Å². The topological polar surface area (TPSA) is 75.7 Å². The minimum atomic E-state index is -3.22. The van der Waals surface area contributed by atoms with E-state index in [0.29, 0.717) is 19.6 Å². The fourth-order valence-corrected chi connectivity index (χ4v) is 4.02. The lowest BCUT2D eigenvalue weighted by Gasteiger charge is -2.30. The SMILES string of the molecule is CC(C)Oc1ccc(CCCNC(=O)[C@@H]2CCCN(S(C)(=O)=O)C2)cc1. The average Bonchev–Trinajstić information content (AvgIpc) is 2.59.